The summed E-state index contributed by atoms with van der Waals surface area (Å²) >= 11 is 0. The predicted octanol–water partition coefficient (Wildman–Crippen LogP) is 7.66. The van der Waals surface area contributed by atoms with Crippen LogP contribution in [0.2, 0.25) is 0 Å². The summed E-state index contributed by atoms with van der Waals surface area (Å²) in [7, 11) is -4.66. The fourth-order valence-corrected chi connectivity index (χ4v) is 9.86. The van der Waals surface area contributed by atoms with Gasteiger partial charge in [0.15, 0.2) is 0 Å². The largest absolute Gasteiger partial charge is 0.378 e. The first kappa shape index (κ1) is 40.6. The van der Waals surface area contributed by atoms with Gasteiger partial charge in [0, 0.05) is 60.1 Å². The van der Waals surface area contributed by atoms with Crippen LogP contribution in [-0.2, 0) is 33.7 Å². The molecule has 1 atom stereocenters. The van der Waals surface area contributed by atoms with Crippen molar-refractivity contribution in [3.05, 3.63) is 115 Å². The molecule has 5 rings (SSSR count). The number of hydrogen-bond acceptors (Lipinski definition) is 15. The molecule has 4 aromatic rings. The Balaban J connectivity index is 1.54. The molecule has 16 nitrogen and oxygen atoms in total. The molecule has 0 saturated heterocycles. The summed E-state index contributed by atoms with van der Waals surface area (Å²) in [6.45, 7) is 0. The minimum Gasteiger partial charge on any atom is -0.378 e. The molecule has 0 bridgehead atoms. The average molecular weight is 806 g/mol. The van der Waals surface area contributed by atoms with Crippen molar-refractivity contribution in [2.75, 3.05) is 52.1 Å². The van der Waals surface area contributed by atoms with E-state index in [1.807, 2.05) is 62.3 Å². The van der Waals surface area contributed by atoms with Gasteiger partial charge in [-0.05, 0) is 97.1 Å². The Morgan fingerprint density at radius 3 is 1.51 bits per heavy atom. The Morgan fingerprint density at radius 1 is 0.582 bits per heavy atom. The molecule has 0 radical (unpaired) electrons. The SMILES string of the molecule is CN(C)N=NC1(S(=O)(=O)OS(=O)(=O)c2ccc(N=Nc3ccc(N(C)C)cc3)cc2S(=O)(=O)c2ccc(N=Nc3ccc(N(C)C)cc3)cc2)C=CC=CC1. The zero-order valence-electron chi connectivity index (χ0n) is 30.8. The summed E-state index contributed by atoms with van der Waals surface area (Å²) in [6, 6.07) is 22.6. The molecule has 1 aliphatic rings. The van der Waals surface area contributed by atoms with Crippen molar-refractivity contribution in [3.63, 3.8) is 0 Å². The molecular formula is C36H39N9O7S3. The molecule has 4 aromatic carbocycles. The highest BCUT2D eigenvalue weighted by Gasteiger charge is 2.47. The van der Waals surface area contributed by atoms with Crippen LogP contribution in [0.25, 0.3) is 0 Å². The van der Waals surface area contributed by atoms with Crippen LogP contribution in [-0.4, -0.2) is 77.4 Å². The molecule has 55 heavy (non-hydrogen) atoms. The van der Waals surface area contributed by atoms with Gasteiger partial charge in [-0.25, -0.2) is 8.42 Å². The number of anilines is 2. The number of azo groups is 2. The van der Waals surface area contributed by atoms with E-state index in [1.165, 1.54) is 61.6 Å². The van der Waals surface area contributed by atoms with Crippen LogP contribution in [0.1, 0.15) is 6.42 Å². The molecule has 1 unspecified atom stereocenters. The van der Waals surface area contributed by atoms with Crippen molar-refractivity contribution in [1.82, 2.24) is 5.01 Å². The van der Waals surface area contributed by atoms with Crippen molar-refractivity contribution in [1.29, 1.82) is 0 Å². The summed E-state index contributed by atoms with van der Waals surface area (Å²) in [6.07, 6.45) is 5.20. The molecule has 0 saturated carbocycles. The van der Waals surface area contributed by atoms with Crippen LogP contribution in [0.5, 0.6) is 0 Å². The van der Waals surface area contributed by atoms with E-state index < -0.39 is 44.7 Å². The van der Waals surface area contributed by atoms with Gasteiger partial charge in [0.2, 0.25) is 14.7 Å². The first-order valence-corrected chi connectivity index (χ1v) is 20.8. The van der Waals surface area contributed by atoms with Crippen LogP contribution < -0.4 is 9.80 Å². The summed E-state index contributed by atoms with van der Waals surface area (Å²) in [4.78, 5) is -0.511. The molecule has 19 heteroatoms. The smallest absolute Gasteiger partial charge is 0.314 e. The summed E-state index contributed by atoms with van der Waals surface area (Å²) in [5.41, 5.74) is 3.15. The number of sulfone groups is 1. The van der Waals surface area contributed by atoms with E-state index in [-0.39, 0.29) is 17.0 Å². The molecule has 0 aromatic heterocycles. The Hall–Kier alpha value is -5.63. The van der Waals surface area contributed by atoms with Gasteiger partial charge >= 0.3 is 20.2 Å². The standard InChI is InChI=1S/C36H39N9O7S3/c1-43(2)31-17-10-27(11-18-31)37-38-29-14-21-33(22-15-29)53(46,47)35-26-30(40-39-28-12-19-32(20-13-28)44(3)4)16-23-34(35)54(48,49)52-55(50,51)36(41-42-45(5)6)24-8-7-9-25-36/h7-24,26H,25H2,1-6H3. The molecule has 0 fully saturated rings. The molecule has 0 spiro atoms. The Kier molecular flexibility index (Phi) is 12.1. The predicted molar refractivity (Wildman–Crippen MR) is 210 cm³/mol. The quantitative estimate of drug-likeness (QED) is 0.0902. The lowest BCUT2D eigenvalue weighted by molar-refractivity contribution is 0.373. The van der Waals surface area contributed by atoms with Crippen LogP contribution in [0.4, 0.5) is 34.1 Å². The highest BCUT2D eigenvalue weighted by molar-refractivity contribution is 8.01. The third-order valence-corrected chi connectivity index (χ3v) is 13.5. The van der Waals surface area contributed by atoms with E-state index in [0.717, 1.165) is 29.6 Å². The van der Waals surface area contributed by atoms with Gasteiger partial charge in [0.1, 0.15) is 4.90 Å². The summed E-state index contributed by atoms with van der Waals surface area (Å²) < 4.78 is 88.6. The van der Waals surface area contributed by atoms with Gasteiger partial charge in [-0.1, -0.05) is 23.5 Å². The zero-order valence-corrected chi connectivity index (χ0v) is 33.2. The highest BCUT2D eigenvalue weighted by Crippen LogP contribution is 2.37. The second-order valence-corrected chi connectivity index (χ2v) is 18.1. The third-order valence-electron chi connectivity index (χ3n) is 7.95. The topological polar surface area (TPSA) is 196 Å². The number of hydrogen-bond donors (Lipinski definition) is 0. The summed E-state index contributed by atoms with van der Waals surface area (Å²) in [5, 5.41) is 25.6. The van der Waals surface area contributed by atoms with Crippen molar-refractivity contribution < 1.29 is 28.9 Å². The first-order chi connectivity index (χ1) is 25.9. The zero-order chi connectivity index (χ0) is 40.0. The fraction of sp³-hybridized carbons (Fsp3) is 0.222. The molecule has 0 amide bonds. The molecule has 0 heterocycles. The lowest BCUT2D eigenvalue weighted by atomic mass is 10.1. The normalized spacial score (nSPS) is 16.3. The van der Waals surface area contributed by atoms with E-state index in [9.17, 15) is 25.3 Å². The number of benzene rings is 4. The minimum atomic E-state index is -5.37. The van der Waals surface area contributed by atoms with Crippen LogP contribution >= 0.6 is 0 Å². The van der Waals surface area contributed by atoms with Gasteiger partial charge in [-0.2, -0.15) is 37.3 Å². The lowest BCUT2D eigenvalue weighted by Crippen LogP contribution is -2.38. The Morgan fingerprint density at radius 2 is 1.05 bits per heavy atom. The van der Waals surface area contributed by atoms with E-state index in [2.05, 4.69) is 30.8 Å². The number of rotatable bonds is 14. The number of allylic oxidation sites excluding steroid dienone is 2. The maximum absolute atomic E-state index is 14.3. The van der Waals surface area contributed by atoms with Gasteiger partial charge in [0.25, 0.3) is 0 Å². The van der Waals surface area contributed by atoms with Gasteiger partial charge in [-0.15, -0.1) is 8.74 Å². The van der Waals surface area contributed by atoms with Crippen molar-refractivity contribution in [2.45, 2.75) is 26.0 Å². The second kappa shape index (κ2) is 16.4. The maximum Gasteiger partial charge on any atom is 0.314 e. The van der Waals surface area contributed by atoms with Crippen molar-refractivity contribution in [3.8, 4) is 0 Å². The molecule has 288 valence electrons. The monoisotopic (exact) mass is 805 g/mol. The highest BCUT2D eigenvalue weighted by atomic mass is 32.3. The van der Waals surface area contributed by atoms with E-state index in [0.29, 0.717) is 17.1 Å². The molecular weight excluding hydrogens is 767 g/mol. The van der Waals surface area contributed by atoms with E-state index in [1.54, 1.807) is 30.3 Å². The summed E-state index contributed by atoms with van der Waals surface area (Å²) in [5.74, 6) is 0. The first-order valence-electron chi connectivity index (χ1n) is 16.5. The van der Waals surface area contributed by atoms with Crippen molar-refractivity contribution in [2.24, 2.45) is 30.8 Å². The molecule has 1 aliphatic carbocycles. The van der Waals surface area contributed by atoms with Crippen LogP contribution in [0.15, 0.2) is 161 Å². The van der Waals surface area contributed by atoms with E-state index >= 15 is 0 Å². The van der Waals surface area contributed by atoms with Gasteiger partial charge < -0.3 is 9.80 Å². The maximum atomic E-state index is 14.3. The van der Waals surface area contributed by atoms with Gasteiger partial charge in [-0.3, -0.25) is 5.01 Å². The molecule has 0 aliphatic heterocycles. The van der Waals surface area contributed by atoms with Crippen molar-refractivity contribution >= 4 is 64.2 Å². The lowest BCUT2D eigenvalue weighted by Gasteiger charge is -2.25. The van der Waals surface area contributed by atoms with Crippen LogP contribution in [0.3, 0.4) is 0 Å². The Bertz CT molecular complexity index is 2500. The Labute approximate surface area is 321 Å². The minimum absolute atomic E-state index is 0.0422. The van der Waals surface area contributed by atoms with Gasteiger partial charge in [0.05, 0.1) is 32.5 Å². The van der Waals surface area contributed by atoms with E-state index in [4.69, 9.17) is 3.63 Å². The second-order valence-electron chi connectivity index (χ2n) is 12.7. The fourth-order valence-electron chi connectivity index (χ4n) is 4.94. The third kappa shape index (κ3) is 9.55. The average Bonchev–Trinajstić information content (AvgIpc) is 3.15. The molecule has 0 N–H and O–H groups in total. The number of nitrogens with zero attached hydrogens (tertiary/aromatic N) is 9. The van der Waals surface area contributed by atoms with Crippen LogP contribution in [0, 0.1) is 0 Å².